The molecule has 1 atom stereocenters. The molecule has 0 saturated carbocycles. The van der Waals surface area contributed by atoms with Crippen LogP contribution < -0.4 is 5.32 Å². The van der Waals surface area contributed by atoms with Gasteiger partial charge in [0.1, 0.15) is 11.6 Å². The Labute approximate surface area is 118 Å². The fourth-order valence-corrected chi connectivity index (χ4v) is 2.20. The number of halogens is 2. The lowest BCUT2D eigenvalue weighted by atomic mass is 10.0. The molecule has 0 saturated heterocycles. The SMILES string of the molecule is Cc1ccccc1CC(C)NCc1cc(F)ccc1F. The van der Waals surface area contributed by atoms with E-state index in [2.05, 4.69) is 24.4 Å². The lowest BCUT2D eigenvalue weighted by Gasteiger charge is -2.15. The zero-order valence-electron chi connectivity index (χ0n) is 11.8. The molecule has 2 aromatic rings. The average molecular weight is 275 g/mol. The summed E-state index contributed by atoms with van der Waals surface area (Å²) in [6, 6.07) is 11.9. The molecule has 0 aliphatic heterocycles. The van der Waals surface area contributed by atoms with E-state index in [0.29, 0.717) is 12.1 Å². The van der Waals surface area contributed by atoms with Crippen LogP contribution in [0.4, 0.5) is 8.78 Å². The van der Waals surface area contributed by atoms with Crippen molar-refractivity contribution in [3.05, 3.63) is 70.8 Å². The molecule has 2 aromatic carbocycles. The van der Waals surface area contributed by atoms with Gasteiger partial charge < -0.3 is 5.32 Å². The maximum atomic E-state index is 13.5. The van der Waals surface area contributed by atoms with Gasteiger partial charge in [-0.1, -0.05) is 24.3 Å². The number of rotatable bonds is 5. The molecule has 1 N–H and O–H groups in total. The standard InChI is InChI=1S/C17H19F2N/c1-12-5-3-4-6-14(12)9-13(2)20-11-15-10-16(18)7-8-17(15)19/h3-8,10,13,20H,9,11H2,1-2H3. The minimum Gasteiger partial charge on any atom is -0.310 e. The number of benzene rings is 2. The zero-order valence-corrected chi connectivity index (χ0v) is 11.8. The van der Waals surface area contributed by atoms with Gasteiger partial charge in [0.2, 0.25) is 0 Å². The minimum absolute atomic E-state index is 0.193. The molecule has 3 heteroatoms. The Hall–Kier alpha value is -1.74. The van der Waals surface area contributed by atoms with Crippen LogP contribution in [0.2, 0.25) is 0 Å². The number of hydrogen-bond donors (Lipinski definition) is 1. The van der Waals surface area contributed by atoms with E-state index in [1.54, 1.807) is 0 Å². The van der Waals surface area contributed by atoms with Crippen molar-refractivity contribution in [1.29, 1.82) is 0 Å². The molecule has 0 aliphatic carbocycles. The lowest BCUT2D eigenvalue weighted by Crippen LogP contribution is -2.28. The first-order chi connectivity index (χ1) is 9.56. The fourth-order valence-electron chi connectivity index (χ4n) is 2.20. The molecule has 0 heterocycles. The van der Waals surface area contributed by atoms with Gasteiger partial charge in [-0.05, 0) is 49.6 Å². The van der Waals surface area contributed by atoms with Crippen molar-refractivity contribution >= 4 is 0 Å². The summed E-state index contributed by atoms with van der Waals surface area (Å²) in [7, 11) is 0. The molecule has 2 rings (SSSR count). The predicted molar refractivity (Wildman–Crippen MR) is 77.5 cm³/mol. The molecule has 0 aromatic heterocycles. The third kappa shape index (κ3) is 3.87. The summed E-state index contributed by atoms with van der Waals surface area (Å²) in [4.78, 5) is 0. The van der Waals surface area contributed by atoms with E-state index in [9.17, 15) is 8.78 Å². The molecule has 0 bridgehead atoms. The highest BCUT2D eigenvalue weighted by Gasteiger charge is 2.08. The first kappa shape index (κ1) is 14.7. The van der Waals surface area contributed by atoms with Gasteiger partial charge in [0.25, 0.3) is 0 Å². The summed E-state index contributed by atoms with van der Waals surface area (Å²) in [6.45, 7) is 4.45. The molecule has 0 spiro atoms. The highest BCUT2D eigenvalue weighted by molar-refractivity contribution is 5.26. The summed E-state index contributed by atoms with van der Waals surface area (Å²) < 4.78 is 26.6. The smallest absolute Gasteiger partial charge is 0.127 e. The van der Waals surface area contributed by atoms with E-state index >= 15 is 0 Å². The van der Waals surface area contributed by atoms with Crippen molar-refractivity contribution in [2.75, 3.05) is 0 Å². The van der Waals surface area contributed by atoms with Crippen LogP contribution in [0.25, 0.3) is 0 Å². The molecular formula is C17H19F2N. The summed E-state index contributed by atoms with van der Waals surface area (Å²) >= 11 is 0. The molecule has 0 amide bonds. The first-order valence-electron chi connectivity index (χ1n) is 6.78. The van der Waals surface area contributed by atoms with Crippen molar-refractivity contribution in [1.82, 2.24) is 5.32 Å². The van der Waals surface area contributed by atoms with Gasteiger partial charge in [-0.3, -0.25) is 0 Å². The minimum atomic E-state index is -0.408. The third-order valence-electron chi connectivity index (χ3n) is 3.44. The van der Waals surface area contributed by atoms with Crippen LogP contribution in [0.5, 0.6) is 0 Å². The van der Waals surface area contributed by atoms with Crippen LogP contribution in [0.15, 0.2) is 42.5 Å². The maximum absolute atomic E-state index is 13.5. The van der Waals surface area contributed by atoms with Crippen LogP contribution in [0, 0.1) is 18.6 Å². The van der Waals surface area contributed by atoms with Crippen molar-refractivity contribution in [2.45, 2.75) is 32.9 Å². The Kier molecular flexibility index (Phi) is 4.85. The van der Waals surface area contributed by atoms with Crippen LogP contribution >= 0.6 is 0 Å². The lowest BCUT2D eigenvalue weighted by molar-refractivity contribution is 0.519. The third-order valence-corrected chi connectivity index (χ3v) is 3.44. The van der Waals surface area contributed by atoms with Gasteiger partial charge in [-0.2, -0.15) is 0 Å². The Morgan fingerprint density at radius 3 is 2.55 bits per heavy atom. The second-order valence-corrected chi connectivity index (χ2v) is 5.15. The van der Waals surface area contributed by atoms with Gasteiger partial charge in [0.05, 0.1) is 0 Å². The highest BCUT2D eigenvalue weighted by Crippen LogP contribution is 2.12. The van der Waals surface area contributed by atoms with Crippen molar-refractivity contribution < 1.29 is 8.78 Å². The van der Waals surface area contributed by atoms with E-state index in [-0.39, 0.29) is 11.9 Å². The van der Waals surface area contributed by atoms with Gasteiger partial charge in [-0.15, -0.1) is 0 Å². The number of aryl methyl sites for hydroxylation is 1. The van der Waals surface area contributed by atoms with E-state index in [0.717, 1.165) is 12.5 Å². The predicted octanol–water partition coefficient (Wildman–Crippen LogP) is 3.99. The Morgan fingerprint density at radius 2 is 1.80 bits per heavy atom. The van der Waals surface area contributed by atoms with Gasteiger partial charge in [0, 0.05) is 18.2 Å². The van der Waals surface area contributed by atoms with Gasteiger partial charge in [0.15, 0.2) is 0 Å². The molecule has 1 unspecified atom stereocenters. The number of nitrogens with one attached hydrogen (secondary N) is 1. The average Bonchev–Trinajstić information content (AvgIpc) is 2.42. The molecule has 0 aliphatic rings. The maximum Gasteiger partial charge on any atom is 0.127 e. The topological polar surface area (TPSA) is 12.0 Å². The van der Waals surface area contributed by atoms with Gasteiger partial charge >= 0.3 is 0 Å². The van der Waals surface area contributed by atoms with Crippen molar-refractivity contribution in [3.63, 3.8) is 0 Å². The molecule has 1 nitrogen and oxygen atoms in total. The Balaban J connectivity index is 1.94. The van der Waals surface area contributed by atoms with Gasteiger partial charge in [-0.25, -0.2) is 8.78 Å². The number of hydrogen-bond acceptors (Lipinski definition) is 1. The van der Waals surface area contributed by atoms with Crippen LogP contribution in [0.1, 0.15) is 23.6 Å². The monoisotopic (exact) mass is 275 g/mol. The van der Waals surface area contributed by atoms with E-state index in [1.165, 1.54) is 23.3 Å². The Bertz CT molecular complexity index is 581. The molecular weight excluding hydrogens is 256 g/mol. The van der Waals surface area contributed by atoms with Crippen molar-refractivity contribution in [3.8, 4) is 0 Å². The summed E-state index contributed by atoms with van der Waals surface area (Å²) in [5.41, 5.74) is 2.88. The van der Waals surface area contributed by atoms with Crippen molar-refractivity contribution in [2.24, 2.45) is 0 Å². The first-order valence-corrected chi connectivity index (χ1v) is 6.78. The Morgan fingerprint density at radius 1 is 1.05 bits per heavy atom. The van der Waals surface area contributed by atoms with Crippen LogP contribution in [-0.4, -0.2) is 6.04 Å². The second-order valence-electron chi connectivity index (χ2n) is 5.15. The summed E-state index contributed by atoms with van der Waals surface area (Å²) in [5, 5.41) is 3.24. The van der Waals surface area contributed by atoms with Crippen LogP contribution in [0.3, 0.4) is 0 Å². The molecule has 106 valence electrons. The highest BCUT2D eigenvalue weighted by atomic mass is 19.1. The fraction of sp³-hybridized carbons (Fsp3) is 0.294. The van der Waals surface area contributed by atoms with E-state index < -0.39 is 5.82 Å². The quantitative estimate of drug-likeness (QED) is 0.870. The second kappa shape index (κ2) is 6.62. The molecule has 0 fully saturated rings. The van der Waals surface area contributed by atoms with Crippen LogP contribution in [-0.2, 0) is 13.0 Å². The zero-order chi connectivity index (χ0) is 14.5. The summed E-state index contributed by atoms with van der Waals surface area (Å²) in [6.07, 6.45) is 0.865. The summed E-state index contributed by atoms with van der Waals surface area (Å²) in [5.74, 6) is -0.781. The van der Waals surface area contributed by atoms with E-state index in [1.807, 2.05) is 19.1 Å². The molecule has 20 heavy (non-hydrogen) atoms. The largest absolute Gasteiger partial charge is 0.310 e. The molecule has 0 radical (unpaired) electrons. The van der Waals surface area contributed by atoms with E-state index in [4.69, 9.17) is 0 Å². The normalized spacial score (nSPS) is 12.4.